The van der Waals surface area contributed by atoms with Gasteiger partial charge < -0.3 is 5.32 Å². The molecule has 0 heterocycles. The van der Waals surface area contributed by atoms with Crippen molar-refractivity contribution >= 4 is 0 Å². The molecule has 2 fully saturated rings. The molecule has 0 aromatic rings. The van der Waals surface area contributed by atoms with E-state index in [1.54, 1.807) is 0 Å². The van der Waals surface area contributed by atoms with Crippen LogP contribution in [0.4, 0.5) is 0 Å². The molecule has 0 aliphatic heterocycles. The van der Waals surface area contributed by atoms with Crippen LogP contribution in [0.5, 0.6) is 0 Å². The van der Waals surface area contributed by atoms with Crippen LogP contribution >= 0.6 is 0 Å². The van der Waals surface area contributed by atoms with Crippen LogP contribution in [0.15, 0.2) is 0 Å². The highest BCUT2D eigenvalue weighted by Crippen LogP contribution is 2.74. The Hall–Kier alpha value is -0.0400. The molecule has 2 aliphatic rings. The van der Waals surface area contributed by atoms with Gasteiger partial charge >= 0.3 is 0 Å². The van der Waals surface area contributed by atoms with Crippen LogP contribution in [-0.2, 0) is 0 Å². The SMILES string of the molecule is CCCNC(C)C(C)CC12CCC1C2C. The van der Waals surface area contributed by atoms with Crippen molar-refractivity contribution in [2.45, 2.75) is 59.4 Å². The summed E-state index contributed by atoms with van der Waals surface area (Å²) >= 11 is 0. The molecule has 0 amide bonds. The Kier molecular flexibility index (Phi) is 3.12. The number of rotatable bonds is 6. The maximum Gasteiger partial charge on any atom is 0.00645 e. The quantitative estimate of drug-likeness (QED) is 0.706. The molecule has 0 bridgehead atoms. The topological polar surface area (TPSA) is 12.0 Å². The van der Waals surface area contributed by atoms with Crippen LogP contribution in [0.3, 0.4) is 0 Å². The molecular formula is C14H27N. The summed E-state index contributed by atoms with van der Waals surface area (Å²) < 4.78 is 0. The Morgan fingerprint density at radius 1 is 1.40 bits per heavy atom. The average molecular weight is 209 g/mol. The average Bonchev–Trinajstić information content (AvgIpc) is 2.57. The fourth-order valence-electron chi connectivity index (χ4n) is 3.75. The molecular weight excluding hydrogens is 182 g/mol. The molecule has 88 valence electrons. The standard InChI is InChI=1S/C14H27N/c1-5-8-15-12(4)10(2)9-14-7-6-13(14)11(14)3/h10-13,15H,5-9H2,1-4H3. The molecule has 0 aromatic heterocycles. The first-order chi connectivity index (χ1) is 7.12. The van der Waals surface area contributed by atoms with E-state index in [-0.39, 0.29) is 0 Å². The van der Waals surface area contributed by atoms with Crippen LogP contribution in [-0.4, -0.2) is 12.6 Å². The molecule has 15 heavy (non-hydrogen) atoms. The number of hydrogen-bond donors (Lipinski definition) is 1. The highest BCUT2D eigenvalue weighted by atomic mass is 14.9. The van der Waals surface area contributed by atoms with E-state index in [1.807, 2.05) is 0 Å². The molecule has 1 heteroatoms. The van der Waals surface area contributed by atoms with E-state index in [1.165, 1.54) is 32.2 Å². The van der Waals surface area contributed by atoms with Crippen molar-refractivity contribution in [2.24, 2.45) is 23.2 Å². The molecule has 0 saturated heterocycles. The van der Waals surface area contributed by atoms with Crippen LogP contribution in [0.2, 0.25) is 0 Å². The van der Waals surface area contributed by atoms with Gasteiger partial charge in [0.2, 0.25) is 0 Å². The van der Waals surface area contributed by atoms with Crippen molar-refractivity contribution < 1.29 is 0 Å². The monoisotopic (exact) mass is 209 g/mol. The second-order valence-corrected chi connectivity index (χ2v) is 6.09. The van der Waals surface area contributed by atoms with Crippen molar-refractivity contribution in [3.63, 3.8) is 0 Å². The van der Waals surface area contributed by atoms with Crippen molar-refractivity contribution in [1.29, 1.82) is 0 Å². The summed E-state index contributed by atoms with van der Waals surface area (Å²) in [6.07, 6.45) is 5.76. The lowest BCUT2D eigenvalue weighted by molar-refractivity contribution is 0.207. The molecule has 5 unspecified atom stereocenters. The smallest absolute Gasteiger partial charge is 0.00645 e. The van der Waals surface area contributed by atoms with Crippen LogP contribution in [0.25, 0.3) is 0 Å². The number of hydrogen-bond acceptors (Lipinski definition) is 1. The molecule has 0 spiro atoms. The summed E-state index contributed by atoms with van der Waals surface area (Å²) in [5.74, 6) is 3.00. The predicted octanol–water partition coefficient (Wildman–Crippen LogP) is 3.45. The summed E-state index contributed by atoms with van der Waals surface area (Å²) in [4.78, 5) is 0. The van der Waals surface area contributed by atoms with Gasteiger partial charge in [-0.05, 0) is 62.3 Å². The summed E-state index contributed by atoms with van der Waals surface area (Å²) in [7, 11) is 0. The molecule has 1 N–H and O–H groups in total. The highest BCUT2D eigenvalue weighted by molar-refractivity contribution is 5.16. The van der Waals surface area contributed by atoms with Gasteiger partial charge in [0.15, 0.2) is 0 Å². The van der Waals surface area contributed by atoms with Gasteiger partial charge in [0.25, 0.3) is 0 Å². The van der Waals surface area contributed by atoms with E-state index in [2.05, 4.69) is 33.0 Å². The first-order valence-corrected chi connectivity index (χ1v) is 6.85. The maximum absolute atomic E-state index is 3.64. The van der Waals surface area contributed by atoms with Gasteiger partial charge in [0.1, 0.15) is 0 Å². The minimum Gasteiger partial charge on any atom is -0.314 e. The van der Waals surface area contributed by atoms with E-state index >= 15 is 0 Å². The molecule has 1 nitrogen and oxygen atoms in total. The van der Waals surface area contributed by atoms with E-state index in [0.717, 1.165) is 23.2 Å². The van der Waals surface area contributed by atoms with Crippen LogP contribution in [0.1, 0.15) is 53.4 Å². The normalized spacial score (nSPS) is 41.6. The van der Waals surface area contributed by atoms with Crippen molar-refractivity contribution in [1.82, 2.24) is 5.32 Å². The van der Waals surface area contributed by atoms with Gasteiger partial charge in [-0.3, -0.25) is 0 Å². The van der Waals surface area contributed by atoms with E-state index in [4.69, 9.17) is 0 Å². The lowest BCUT2D eigenvalue weighted by Crippen LogP contribution is -2.35. The largest absolute Gasteiger partial charge is 0.314 e. The van der Waals surface area contributed by atoms with Gasteiger partial charge in [0, 0.05) is 6.04 Å². The van der Waals surface area contributed by atoms with Gasteiger partial charge in [-0.15, -0.1) is 0 Å². The molecule has 2 aliphatic carbocycles. The van der Waals surface area contributed by atoms with Gasteiger partial charge in [0.05, 0.1) is 0 Å². The predicted molar refractivity (Wildman–Crippen MR) is 65.9 cm³/mol. The van der Waals surface area contributed by atoms with Crippen molar-refractivity contribution in [2.75, 3.05) is 6.54 Å². The van der Waals surface area contributed by atoms with Gasteiger partial charge in [-0.2, -0.15) is 0 Å². The number of fused-ring (bicyclic) bond motifs is 1. The molecule has 0 radical (unpaired) electrons. The first-order valence-electron chi connectivity index (χ1n) is 6.85. The third-order valence-corrected chi connectivity index (χ3v) is 5.33. The lowest BCUT2D eigenvalue weighted by Gasteiger charge is -2.31. The Morgan fingerprint density at radius 2 is 2.13 bits per heavy atom. The van der Waals surface area contributed by atoms with Crippen LogP contribution in [0, 0.1) is 23.2 Å². The Morgan fingerprint density at radius 3 is 2.53 bits per heavy atom. The third kappa shape index (κ3) is 1.84. The number of nitrogens with one attached hydrogen (secondary N) is 1. The fraction of sp³-hybridized carbons (Fsp3) is 1.00. The van der Waals surface area contributed by atoms with Gasteiger partial charge in [-0.25, -0.2) is 0 Å². The minimum atomic E-state index is 0.702. The van der Waals surface area contributed by atoms with Crippen LogP contribution < -0.4 is 5.32 Å². The van der Waals surface area contributed by atoms with Crippen molar-refractivity contribution in [3.8, 4) is 0 Å². The third-order valence-electron chi connectivity index (χ3n) is 5.33. The zero-order valence-electron chi connectivity index (χ0n) is 10.8. The zero-order chi connectivity index (χ0) is 11.1. The lowest BCUT2D eigenvalue weighted by atomic mass is 9.76. The zero-order valence-corrected chi connectivity index (χ0v) is 10.8. The second-order valence-electron chi connectivity index (χ2n) is 6.09. The van der Waals surface area contributed by atoms with E-state index < -0.39 is 0 Å². The Labute approximate surface area is 95.0 Å². The molecule has 2 saturated carbocycles. The fourth-order valence-corrected chi connectivity index (χ4v) is 3.75. The van der Waals surface area contributed by atoms with E-state index in [9.17, 15) is 0 Å². The highest BCUT2D eigenvalue weighted by Gasteiger charge is 2.67. The Balaban J connectivity index is 1.75. The second kappa shape index (κ2) is 4.08. The summed E-state index contributed by atoms with van der Waals surface area (Å²) in [5.41, 5.74) is 0.807. The minimum absolute atomic E-state index is 0.702. The molecule has 5 atom stereocenters. The summed E-state index contributed by atoms with van der Waals surface area (Å²) in [5, 5.41) is 3.64. The van der Waals surface area contributed by atoms with Crippen molar-refractivity contribution in [3.05, 3.63) is 0 Å². The summed E-state index contributed by atoms with van der Waals surface area (Å²) in [6.45, 7) is 10.7. The molecule has 2 rings (SSSR count). The molecule has 0 aromatic carbocycles. The maximum atomic E-state index is 3.64. The van der Waals surface area contributed by atoms with Gasteiger partial charge in [-0.1, -0.05) is 20.8 Å². The first kappa shape index (κ1) is 11.4. The Bertz CT molecular complexity index is 219. The van der Waals surface area contributed by atoms with E-state index in [0.29, 0.717) is 6.04 Å². The summed E-state index contributed by atoms with van der Waals surface area (Å²) in [6, 6.07) is 0.702.